The molecule has 9 heteroatoms. The number of rotatable bonds is 7. The number of hydrogen-bond donors (Lipinski definition) is 0. The second-order valence-corrected chi connectivity index (χ2v) is 7.22. The highest BCUT2D eigenvalue weighted by molar-refractivity contribution is 6.22. The molecule has 0 fully saturated rings. The van der Waals surface area contributed by atoms with Crippen molar-refractivity contribution in [3.8, 4) is 5.75 Å². The minimum Gasteiger partial charge on any atom is -0.467 e. The molecule has 0 atom stereocenters. The van der Waals surface area contributed by atoms with E-state index in [1.165, 1.54) is 41.5 Å². The number of carbonyl (C=O) groups excluding carboxylic acids is 3. The summed E-state index contributed by atoms with van der Waals surface area (Å²) in [6.45, 7) is -2.69. The van der Waals surface area contributed by atoms with Crippen molar-refractivity contribution in [1.29, 1.82) is 0 Å². The van der Waals surface area contributed by atoms with Gasteiger partial charge in [0.15, 0.2) is 0 Å². The first-order valence-corrected chi connectivity index (χ1v) is 9.65. The Kier molecular flexibility index (Phi) is 5.72. The fourth-order valence-electron chi connectivity index (χ4n) is 3.47. The van der Waals surface area contributed by atoms with Crippen LogP contribution in [0.25, 0.3) is 0 Å². The predicted molar refractivity (Wildman–Crippen MR) is 108 cm³/mol. The SMILES string of the molecule is CN(Cc1ccc(OC(F)F)cc1)C(=O)c1ccc2c(c1)C(=O)N(Cc1ccco1)C2=O. The largest absolute Gasteiger partial charge is 0.467 e. The second-order valence-electron chi connectivity index (χ2n) is 7.22. The van der Waals surface area contributed by atoms with E-state index in [2.05, 4.69) is 4.74 Å². The first kappa shape index (κ1) is 21.2. The predicted octanol–water partition coefficient (Wildman–Crippen LogP) is 3.95. The highest BCUT2D eigenvalue weighted by atomic mass is 19.3. The molecule has 0 N–H and O–H groups in total. The number of alkyl halides is 2. The van der Waals surface area contributed by atoms with Gasteiger partial charge in [0.1, 0.15) is 11.5 Å². The number of hydrogen-bond acceptors (Lipinski definition) is 5. The molecule has 0 aliphatic carbocycles. The molecule has 0 bridgehead atoms. The van der Waals surface area contributed by atoms with Crippen molar-refractivity contribution >= 4 is 17.7 Å². The summed E-state index contributed by atoms with van der Waals surface area (Å²) < 4.78 is 34.0. The summed E-state index contributed by atoms with van der Waals surface area (Å²) >= 11 is 0. The van der Waals surface area contributed by atoms with Gasteiger partial charge in [-0.3, -0.25) is 19.3 Å². The number of furan rings is 1. The molecule has 32 heavy (non-hydrogen) atoms. The van der Waals surface area contributed by atoms with Crippen LogP contribution >= 0.6 is 0 Å². The first-order valence-electron chi connectivity index (χ1n) is 9.65. The number of ether oxygens (including phenoxy) is 1. The van der Waals surface area contributed by atoms with Crippen molar-refractivity contribution in [2.75, 3.05) is 7.05 Å². The maximum atomic E-state index is 12.9. The van der Waals surface area contributed by atoms with Gasteiger partial charge in [-0.2, -0.15) is 8.78 Å². The Hall–Kier alpha value is -4.01. The van der Waals surface area contributed by atoms with Crippen LogP contribution in [0.2, 0.25) is 0 Å². The summed E-state index contributed by atoms with van der Waals surface area (Å²) in [7, 11) is 1.58. The molecular weight excluding hydrogens is 422 g/mol. The average molecular weight is 440 g/mol. The standard InChI is InChI=1S/C23H18F2N2O5/c1-26(12-14-4-7-16(8-5-14)32-23(24)25)20(28)15-6-9-18-19(11-15)22(30)27(21(18)29)13-17-3-2-10-31-17/h2-11,23H,12-13H2,1H3. The summed E-state index contributed by atoms with van der Waals surface area (Å²) in [5.41, 5.74) is 1.36. The number of benzene rings is 2. The van der Waals surface area contributed by atoms with Crippen molar-refractivity contribution in [2.45, 2.75) is 19.7 Å². The van der Waals surface area contributed by atoms with E-state index >= 15 is 0 Å². The van der Waals surface area contributed by atoms with Crippen LogP contribution in [0.15, 0.2) is 65.3 Å². The summed E-state index contributed by atoms with van der Waals surface area (Å²) in [6, 6.07) is 13.7. The van der Waals surface area contributed by atoms with Gasteiger partial charge < -0.3 is 14.1 Å². The quantitative estimate of drug-likeness (QED) is 0.520. The van der Waals surface area contributed by atoms with Crippen LogP contribution in [-0.4, -0.2) is 41.2 Å². The number of imide groups is 1. The summed E-state index contributed by atoms with van der Waals surface area (Å²) in [5, 5.41) is 0. The smallest absolute Gasteiger partial charge is 0.387 e. The van der Waals surface area contributed by atoms with E-state index in [1.807, 2.05) is 0 Å². The Morgan fingerprint density at radius 1 is 1.06 bits per heavy atom. The summed E-state index contributed by atoms with van der Waals surface area (Å²) in [5.74, 6) is -0.794. The Balaban J connectivity index is 1.47. The molecule has 2 aromatic carbocycles. The van der Waals surface area contributed by atoms with Gasteiger partial charge in [-0.25, -0.2) is 0 Å². The highest BCUT2D eigenvalue weighted by Crippen LogP contribution is 2.26. The van der Waals surface area contributed by atoms with Gasteiger partial charge in [-0.15, -0.1) is 0 Å². The van der Waals surface area contributed by atoms with Gasteiger partial charge in [0.2, 0.25) is 0 Å². The maximum absolute atomic E-state index is 12.9. The molecule has 7 nitrogen and oxygen atoms in total. The maximum Gasteiger partial charge on any atom is 0.387 e. The van der Waals surface area contributed by atoms with E-state index in [-0.39, 0.29) is 41.4 Å². The summed E-state index contributed by atoms with van der Waals surface area (Å²) in [4.78, 5) is 40.7. The molecule has 164 valence electrons. The average Bonchev–Trinajstić information content (AvgIpc) is 3.37. The molecule has 0 saturated carbocycles. The van der Waals surface area contributed by atoms with Gasteiger partial charge in [-0.05, 0) is 48.0 Å². The number of amides is 3. The lowest BCUT2D eigenvalue weighted by atomic mass is 10.0. The van der Waals surface area contributed by atoms with Gasteiger partial charge in [0.05, 0.1) is 23.9 Å². The number of nitrogens with zero attached hydrogens (tertiary/aromatic N) is 2. The zero-order valence-electron chi connectivity index (χ0n) is 17.0. The van der Waals surface area contributed by atoms with Crippen molar-refractivity contribution in [3.05, 3.63) is 88.9 Å². The van der Waals surface area contributed by atoms with E-state index in [9.17, 15) is 23.2 Å². The third kappa shape index (κ3) is 4.22. The van der Waals surface area contributed by atoms with E-state index in [0.717, 1.165) is 4.90 Å². The monoisotopic (exact) mass is 440 g/mol. The molecule has 0 unspecified atom stereocenters. The van der Waals surface area contributed by atoms with E-state index < -0.39 is 18.4 Å². The van der Waals surface area contributed by atoms with Crippen LogP contribution in [0.4, 0.5) is 8.78 Å². The Labute approximate surface area is 181 Å². The van der Waals surface area contributed by atoms with E-state index in [0.29, 0.717) is 11.3 Å². The molecule has 4 rings (SSSR count). The van der Waals surface area contributed by atoms with Crippen LogP contribution in [0.3, 0.4) is 0 Å². The van der Waals surface area contributed by atoms with E-state index in [1.54, 1.807) is 31.3 Å². The fraction of sp³-hybridized carbons (Fsp3) is 0.174. The van der Waals surface area contributed by atoms with Crippen LogP contribution in [0.5, 0.6) is 5.75 Å². The Morgan fingerprint density at radius 2 is 1.78 bits per heavy atom. The van der Waals surface area contributed by atoms with Crippen molar-refractivity contribution in [1.82, 2.24) is 9.80 Å². The topological polar surface area (TPSA) is 80.1 Å². The second kappa shape index (κ2) is 8.62. The Bertz CT molecular complexity index is 1160. The molecule has 0 radical (unpaired) electrons. The number of halogens is 2. The highest BCUT2D eigenvalue weighted by Gasteiger charge is 2.36. The van der Waals surface area contributed by atoms with Crippen LogP contribution in [0, 0.1) is 0 Å². The number of fused-ring (bicyclic) bond motifs is 1. The molecule has 3 amide bonds. The molecule has 0 saturated heterocycles. The molecular formula is C23H18F2N2O5. The normalized spacial score (nSPS) is 12.9. The molecule has 1 aliphatic rings. The third-order valence-corrected chi connectivity index (χ3v) is 5.03. The third-order valence-electron chi connectivity index (χ3n) is 5.03. The van der Waals surface area contributed by atoms with Gasteiger partial charge in [-0.1, -0.05) is 12.1 Å². The van der Waals surface area contributed by atoms with Crippen molar-refractivity contribution in [3.63, 3.8) is 0 Å². The minimum absolute atomic E-state index is 0.00774. The van der Waals surface area contributed by atoms with Crippen LogP contribution in [-0.2, 0) is 13.1 Å². The van der Waals surface area contributed by atoms with E-state index in [4.69, 9.17) is 4.42 Å². The van der Waals surface area contributed by atoms with Gasteiger partial charge in [0.25, 0.3) is 17.7 Å². The van der Waals surface area contributed by atoms with Crippen molar-refractivity contribution in [2.24, 2.45) is 0 Å². The van der Waals surface area contributed by atoms with Crippen LogP contribution in [0.1, 0.15) is 42.4 Å². The molecule has 3 aromatic rings. The minimum atomic E-state index is -2.91. The summed E-state index contributed by atoms with van der Waals surface area (Å²) in [6.07, 6.45) is 1.46. The fourth-order valence-corrected chi connectivity index (χ4v) is 3.47. The molecule has 2 heterocycles. The van der Waals surface area contributed by atoms with Crippen LogP contribution < -0.4 is 4.74 Å². The van der Waals surface area contributed by atoms with Crippen molar-refractivity contribution < 1.29 is 32.3 Å². The first-order chi connectivity index (χ1) is 15.3. The lowest BCUT2D eigenvalue weighted by Crippen LogP contribution is -2.29. The zero-order chi connectivity index (χ0) is 22.8. The number of carbonyl (C=O) groups is 3. The lowest BCUT2D eigenvalue weighted by Gasteiger charge is -2.18. The molecule has 1 aliphatic heterocycles. The zero-order valence-corrected chi connectivity index (χ0v) is 17.0. The lowest BCUT2D eigenvalue weighted by molar-refractivity contribution is -0.0498. The molecule has 0 spiro atoms. The van der Waals surface area contributed by atoms with Gasteiger partial charge >= 0.3 is 6.61 Å². The molecule has 1 aromatic heterocycles. The van der Waals surface area contributed by atoms with Gasteiger partial charge in [0, 0.05) is 19.2 Å². The Morgan fingerprint density at radius 3 is 2.44 bits per heavy atom.